The van der Waals surface area contributed by atoms with Crippen molar-refractivity contribution in [3.05, 3.63) is 23.8 Å². The molecular formula is C15H20N2O3. The standard InChI is InChI=1S/C15H20N2O3/c18-13-5-4-10(9-14(13)19)15(20)16-11-6-8-17-7-2-1-3-12(11)17/h4-5,9,11-12,18-19H,1-3,6-8H2,(H,16,20). The Balaban J connectivity index is 1.68. The van der Waals surface area contributed by atoms with E-state index < -0.39 is 0 Å². The van der Waals surface area contributed by atoms with E-state index in [4.69, 9.17) is 0 Å². The smallest absolute Gasteiger partial charge is 0.251 e. The Morgan fingerprint density at radius 2 is 2.00 bits per heavy atom. The van der Waals surface area contributed by atoms with Gasteiger partial charge in [-0.1, -0.05) is 6.42 Å². The zero-order valence-electron chi connectivity index (χ0n) is 11.4. The van der Waals surface area contributed by atoms with Crippen molar-refractivity contribution in [1.29, 1.82) is 0 Å². The summed E-state index contributed by atoms with van der Waals surface area (Å²) in [6, 6.07) is 4.82. The fourth-order valence-corrected chi connectivity index (χ4v) is 3.33. The minimum Gasteiger partial charge on any atom is -0.504 e. The van der Waals surface area contributed by atoms with Gasteiger partial charge in [-0.05, 0) is 44.0 Å². The first kappa shape index (κ1) is 13.2. The van der Waals surface area contributed by atoms with Crippen molar-refractivity contribution in [2.24, 2.45) is 0 Å². The Morgan fingerprint density at radius 1 is 1.15 bits per heavy atom. The Hall–Kier alpha value is -1.75. The van der Waals surface area contributed by atoms with Crippen molar-refractivity contribution < 1.29 is 15.0 Å². The molecule has 20 heavy (non-hydrogen) atoms. The van der Waals surface area contributed by atoms with Crippen LogP contribution in [0, 0.1) is 0 Å². The molecule has 3 rings (SSSR count). The van der Waals surface area contributed by atoms with Gasteiger partial charge in [0.15, 0.2) is 11.5 Å². The molecule has 3 N–H and O–H groups in total. The van der Waals surface area contributed by atoms with Gasteiger partial charge < -0.3 is 15.5 Å². The van der Waals surface area contributed by atoms with Gasteiger partial charge in [-0.3, -0.25) is 9.69 Å². The molecule has 0 bridgehead atoms. The highest BCUT2D eigenvalue weighted by atomic mass is 16.3. The highest BCUT2D eigenvalue weighted by Crippen LogP contribution is 2.28. The second-order valence-corrected chi connectivity index (χ2v) is 5.67. The van der Waals surface area contributed by atoms with Gasteiger partial charge in [0.25, 0.3) is 5.91 Å². The minimum atomic E-state index is -0.261. The third-order valence-electron chi connectivity index (χ3n) is 4.41. The third-order valence-corrected chi connectivity index (χ3v) is 4.41. The molecule has 0 aliphatic carbocycles. The van der Waals surface area contributed by atoms with E-state index in [9.17, 15) is 15.0 Å². The average Bonchev–Trinajstić information content (AvgIpc) is 2.85. The largest absolute Gasteiger partial charge is 0.504 e. The number of aromatic hydroxyl groups is 2. The molecule has 1 amide bonds. The van der Waals surface area contributed by atoms with E-state index >= 15 is 0 Å². The van der Waals surface area contributed by atoms with Gasteiger partial charge in [0.2, 0.25) is 0 Å². The van der Waals surface area contributed by atoms with E-state index in [1.807, 2.05) is 0 Å². The average molecular weight is 276 g/mol. The summed E-state index contributed by atoms with van der Waals surface area (Å²) < 4.78 is 0. The van der Waals surface area contributed by atoms with E-state index in [1.54, 1.807) is 0 Å². The number of amides is 1. The lowest BCUT2D eigenvalue weighted by atomic mass is 9.99. The Kier molecular flexibility index (Phi) is 3.53. The van der Waals surface area contributed by atoms with Crippen LogP contribution in [0.3, 0.4) is 0 Å². The van der Waals surface area contributed by atoms with Crippen LogP contribution in [-0.2, 0) is 0 Å². The molecule has 2 heterocycles. The number of fused-ring (bicyclic) bond motifs is 1. The number of hydrogen-bond donors (Lipinski definition) is 3. The summed E-state index contributed by atoms with van der Waals surface area (Å²) in [5.74, 6) is -0.651. The zero-order chi connectivity index (χ0) is 14.1. The Bertz CT molecular complexity index is 518. The van der Waals surface area contributed by atoms with Crippen molar-refractivity contribution in [3.8, 4) is 11.5 Å². The van der Waals surface area contributed by atoms with Crippen molar-refractivity contribution >= 4 is 5.91 Å². The maximum Gasteiger partial charge on any atom is 0.251 e. The number of carbonyl (C=O) groups excluding carboxylic acids is 1. The molecule has 2 saturated heterocycles. The summed E-state index contributed by atoms with van der Waals surface area (Å²) in [5.41, 5.74) is 0.384. The summed E-state index contributed by atoms with van der Waals surface area (Å²) in [6.07, 6.45) is 4.61. The van der Waals surface area contributed by atoms with Crippen LogP contribution in [0.25, 0.3) is 0 Å². The van der Waals surface area contributed by atoms with Crippen LogP contribution in [0.1, 0.15) is 36.0 Å². The number of phenolic OH excluding ortho intramolecular Hbond substituents is 2. The summed E-state index contributed by atoms with van der Waals surface area (Å²) in [5, 5.41) is 21.8. The minimum absolute atomic E-state index is 0.183. The van der Waals surface area contributed by atoms with Crippen molar-refractivity contribution in [3.63, 3.8) is 0 Å². The molecule has 0 saturated carbocycles. The van der Waals surface area contributed by atoms with Crippen LogP contribution in [-0.4, -0.2) is 46.2 Å². The summed E-state index contributed by atoms with van der Waals surface area (Å²) in [4.78, 5) is 14.7. The summed E-state index contributed by atoms with van der Waals surface area (Å²) in [7, 11) is 0. The Labute approximate surface area is 118 Å². The lowest BCUT2D eigenvalue weighted by molar-refractivity contribution is 0.0915. The van der Waals surface area contributed by atoms with Crippen LogP contribution in [0.5, 0.6) is 11.5 Å². The van der Waals surface area contributed by atoms with E-state index in [2.05, 4.69) is 10.2 Å². The predicted octanol–water partition coefficient (Wildman–Crippen LogP) is 1.45. The van der Waals surface area contributed by atoms with Gasteiger partial charge in [-0.15, -0.1) is 0 Å². The first-order valence-corrected chi connectivity index (χ1v) is 7.22. The molecule has 2 unspecified atom stereocenters. The van der Waals surface area contributed by atoms with Gasteiger partial charge in [0.05, 0.1) is 0 Å². The molecule has 5 heteroatoms. The fraction of sp³-hybridized carbons (Fsp3) is 0.533. The molecule has 2 fully saturated rings. The molecule has 0 spiro atoms. The SMILES string of the molecule is O=C(NC1CCN2CCCCC12)c1ccc(O)c(O)c1. The van der Waals surface area contributed by atoms with Gasteiger partial charge in [0.1, 0.15) is 0 Å². The molecule has 0 radical (unpaired) electrons. The van der Waals surface area contributed by atoms with Crippen LogP contribution in [0.2, 0.25) is 0 Å². The summed E-state index contributed by atoms with van der Waals surface area (Å²) >= 11 is 0. The number of benzene rings is 1. The number of nitrogens with one attached hydrogen (secondary N) is 1. The maximum atomic E-state index is 12.2. The molecule has 2 atom stereocenters. The van der Waals surface area contributed by atoms with Crippen molar-refractivity contribution in [2.75, 3.05) is 13.1 Å². The molecule has 108 valence electrons. The normalized spacial score (nSPS) is 26.2. The van der Waals surface area contributed by atoms with E-state index in [1.165, 1.54) is 31.0 Å². The molecule has 0 aromatic heterocycles. The predicted molar refractivity (Wildman–Crippen MR) is 74.9 cm³/mol. The quantitative estimate of drug-likeness (QED) is 0.715. The fourth-order valence-electron chi connectivity index (χ4n) is 3.33. The van der Waals surface area contributed by atoms with Crippen molar-refractivity contribution in [2.45, 2.75) is 37.8 Å². The molecular weight excluding hydrogens is 256 g/mol. The molecule has 2 aliphatic rings. The van der Waals surface area contributed by atoms with Gasteiger partial charge >= 0.3 is 0 Å². The molecule has 5 nitrogen and oxygen atoms in total. The van der Waals surface area contributed by atoms with E-state index in [-0.39, 0.29) is 23.4 Å². The third kappa shape index (κ3) is 2.45. The summed E-state index contributed by atoms with van der Waals surface area (Å²) in [6.45, 7) is 2.19. The van der Waals surface area contributed by atoms with Crippen LogP contribution in [0.15, 0.2) is 18.2 Å². The first-order valence-electron chi connectivity index (χ1n) is 7.22. The first-order chi connectivity index (χ1) is 9.65. The number of phenols is 2. The van der Waals surface area contributed by atoms with Gasteiger partial charge in [-0.2, -0.15) is 0 Å². The lowest BCUT2D eigenvalue weighted by Gasteiger charge is -2.32. The maximum absolute atomic E-state index is 12.2. The number of hydrogen-bond acceptors (Lipinski definition) is 4. The van der Waals surface area contributed by atoms with E-state index in [0.29, 0.717) is 11.6 Å². The number of piperidine rings is 1. The highest BCUT2D eigenvalue weighted by Gasteiger charge is 2.36. The Morgan fingerprint density at radius 3 is 2.80 bits per heavy atom. The van der Waals surface area contributed by atoms with Crippen LogP contribution >= 0.6 is 0 Å². The monoisotopic (exact) mass is 276 g/mol. The second-order valence-electron chi connectivity index (χ2n) is 5.67. The lowest BCUT2D eigenvalue weighted by Crippen LogP contribution is -2.46. The number of carbonyl (C=O) groups is 1. The van der Waals surface area contributed by atoms with Crippen LogP contribution < -0.4 is 5.32 Å². The highest BCUT2D eigenvalue weighted by molar-refractivity contribution is 5.95. The van der Waals surface area contributed by atoms with Crippen LogP contribution in [0.4, 0.5) is 0 Å². The van der Waals surface area contributed by atoms with Crippen molar-refractivity contribution in [1.82, 2.24) is 10.2 Å². The van der Waals surface area contributed by atoms with Gasteiger partial charge in [0, 0.05) is 24.2 Å². The molecule has 1 aromatic rings. The zero-order valence-corrected chi connectivity index (χ0v) is 11.4. The van der Waals surface area contributed by atoms with Gasteiger partial charge in [-0.25, -0.2) is 0 Å². The molecule has 1 aromatic carbocycles. The second kappa shape index (κ2) is 5.32. The van der Waals surface area contributed by atoms with E-state index in [0.717, 1.165) is 25.9 Å². The molecule has 2 aliphatic heterocycles. The topological polar surface area (TPSA) is 72.8 Å². The number of nitrogens with zero attached hydrogens (tertiary/aromatic N) is 1. The number of rotatable bonds is 2.